The third-order valence-corrected chi connectivity index (χ3v) is 7.32. The molecule has 0 saturated carbocycles. The number of halogens is 3. The molecule has 0 saturated heterocycles. The lowest BCUT2D eigenvalue weighted by molar-refractivity contribution is 0.195. The molecule has 0 unspecified atom stereocenters. The van der Waals surface area contributed by atoms with E-state index >= 15 is 0 Å². The topological polar surface area (TPSA) is 105 Å². The Hall–Kier alpha value is -3.57. The van der Waals surface area contributed by atoms with Crippen LogP contribution in [0.3, 0.4) is 0 Å². The molecule has 0 fully saturated rings. The summed E-state index contributed by atoms with van der Waals surface area (Å²) in [6.45, 7) is -0.588. The Morgan fingerprint density at radius 3 is 2.31 bits per heavy atom. The number of ether oxygens (including phenoxy) is 2. The number of hydrogen-bond acceptors (Lipinski definition) is 5. The molecule has 12 heteroatoms. The lowest BCUT2D eigenvalue weighted by Gasteiger charge is -2.27. The molecule has 3 aromatic rings. The fraction of sp³-hybridized carbons (Fsp3) is 0.208. The Balaban J connectivity index is 2.15. The molecular weight excluding hydrogens is 518 g/mol. The normalized spacial score (nSPS) is 11.1. The van der Waals surface area contributed by atoms with E-state index in [1.807, 2.05) is 0 Å². The van der Waals surface area contributed by atoms with Gasteiger partial charge in [0.1, 0.15) is 11.6 Å². The Bertz CT molecular complexity index is 1350. The number of carboxylic acid groups (broad SMARTS) is 1. The summed E-state index contributed by atoms with van der Waals surface area (Å²) < 4.78 is 67.7. The second kappa shape index (κ2) is 11.4. The monoisotopic (exact) mass is 540 g/mol. The van der Waals surface area contributed by atoms with Crippen LogP contribution in [0.2, 0.25) is 5.02 Å². The summed E-state index contributed by atoms with van der Waals surface area (Å²) >= 11 is 6.14. The zero-order valence-electron chi connectivity index (χ0n) is 19.3. The fourth-order valence-corrected chi connectivity index (χ4v) is 5.28. The van der Waals surface area contributed by atoms with Gasteiger partial charge < -0.3 is 19.9 Å². The van der Waals surface area contributed by atoms with Crippen LogP contribution in [0.4, 0.5) is 19.3 Å². The van der Waals surface area contributed by atoms with Crippen LogP contribution >= 0.6 is 11.6 Å². The van der Waals surface area contributed by atoms with E-state index < -0.39 is 27.8 Å². The Morgan fingerprint density at radius 2 is 1.69 bits per heavy atom. The van der Waals surface area contributed by atoms with E-state index in [0.717, 1.165) is 16.4 Å². The average molecular weight is 541 g/mol. The number of nitrogens with zero attached hydrogens (tertiary/aromatic N) is 1. The number of methoxy groups -OCH3 is 2. The lowest BCUT2D eigenvalue weighted by Crippen LogP contribution is -2.39. The van der Waals surface area contributed by atoms with Crippen molar-refractivity contribution in [2.45, 2.75) is 11.3 Å². The Labute approximate surface area is 212 Å². The van der Waals surface area contributed by atoms with Gasteiger partial charge in [0, 0.05) is 29.6 Å². The molecule has 0 atom stereocenters. The van der Waals surface area contributed by atoms with E-state index in [-0.39, 0.29) is 52.0 Å². The van der Waals surface area contributed by atoms with Gasteiger partial charge in [0.05, 0.1) is 31.3 Å². The average Bonchev–Trinajstić information content (AvgIpc) is 2.84. The number of benzene rings is 3. The summed E-state index contributed by atoms with van der Waals surface area (Å²) in [4.78, 5) is 10.8. The van der Waals surface area contributed by atoms with Crippen LogP contribution in [0, 0.1) is 11.6 Å². The van der Waals surface area contributed by atoms with Crippen molar-refractivity contribution in [3.05, 3.63) is 82.4 Å². The van der Waals surface area contributed by atoms with Gasteiger partial charge in [0.15, 0.2) is 11.5 Å². The summed E-state index contributed by atoms with van der Waals surface area (Å²) in [5.41, 5.74) is 0.0167. The Kier molecular flexibility index (Phi) is 8.59. The van der Waals surface area contributed by atoms with E-state index in [0.29, 0.717) is 5.75 Å². The first kappa shape index (κ1) is 27.0. The molecule has 36 heavy (non-hydrogen) atoms. The first-order valence-electron chi connectivity index (χ1n) is 10.5. The van der Waals surface area contributed by atoms with Gasteiger partial charge in [-0.1, -0.05) is 17.7 Å². The first-order valence-corrected chi connectivity index (χ1v) is 12.3. The lowest BCUT2D eigenvalue weighted by atomic mass is 10.0. The van der Waals surface area contributed by atoms with Gasteiger partial charge in [0.25, 0.3) is 10.0 Å². The minimum Gasteiger partial charge on any atom is -0.493 e. The van der Waals surface area contributed by atoms with Gasteiger partial charge in [-0.15, -0.1) is 0 Å². The van der Waals surface area contributed by atoms with Crippen molar-refractivity contribution in [1.82, 2.24) is 5.32 Å². The van der Waals surface area contributed by atoms with Crippen molar-refractivity contribution >= 4 is 33.4 Å². The van der Waals surface area contributed by atoms with Crippen molar-refractivity contribution in [1.29, 1.82) is 0 Å². The molecule has 0 heterocycles. The second-order valence-electron chi connectivity index (χ2n) is 7.48. The highest BCUT2D eigenvalue weighted by atomic mass is 35.5. The Morgan fingerprint density at radius 1 is 1.03 bits per heavy atom. The van der Waals surface area contributed by atoms with E-state index in [1.54, 1.807) is 0 Å². The van der Waals surface area contributed by atoms with Crippen LogP contribution in [0.25, 0.3) is 0 Å². The van der Waals surface area contributed by atoms with Crippen LogP contribution in [0.1, 0.15) is 11.1 Å². The molecule has 1 amide bonds. The van der Waals surface area contributed by atoms with Crippen molar-refractivity contribution in [3.8, 4) is 11.5 Å². The molecule has 0 aliphatic heterocycles. The van der Waals surface area contributed by atoms with Crippen LogP contribution in [0.5, 0.6) is 11.5 Å². The van der Waals surface area contributed by atoms with Crippen LogP contribution in [-0.4, -0.2) is 46.9 Å². The number of rotatable bonds is 10. The molecule has 0 aliphatic rings. The minimum absolute atomic E-state index is 0.0732. The molecule has 0 bridgehead atoms. The van der Waals surface area contributed by atoms with Gasteiger partial charge in [-0.3, -0.25) is 4.31 Å². The highest BCUT2D eigenvalue weighted by Crippen LogP contribution is 2.35. The molecule has 192 valence electrons. The van der Waals surface area contributed by atoms with E-state index in [9.17, 15) is 22.0 Å². The van der Waals surface area contributed by atoms with Crippen LogP contribution in [-0.2, 0) is 16.4 Å². The maximum absolute atomic E-state index is 14.4. The quantitative estimate of drug-likeness (QED) is 0.386. The summed E-state index contributed by atoms with van der Waals surface area (Å²) in [6, 6.07) is 11.6. The third kappa shape index (κ3) is 5.97. The van der Waals surface area contributed by atoms with Crippen molar-refractivity contribution in [2.24, 2.45) is 0 Å². The summed E-state index contributed by atoms with van der Waals surface area (Å²) in [5, 5.41) is 11.3. The van der Waals surface area contributed by atoms with E-state index in [4.69, 9.17) is 26.2 Å². The number of anilines is 1. The van der Waals surface area contributed by atoms with Crippen LogP contribution < -0.4 is 19.1 Å². The van der Waals surface area contributed by atoms with Gasteiger partial charge in [-0.05, 0) is 48.0 Å². The number of carbonyl (C=O) groups is 1. The third-order valence-electron chi connectivity index (χ3n) is 5.27. The van der Waals surface area contributed by atoms with Gasteiger partial charge in [-0.25, -0.2) is 22.0 Å². The molecule has 0 spiro atoms. The molecule has 0 radical (unpaired) electrons. The zero-order valence-corrected chi connectivity index (χ0v) is 20.9. The molecule has 0 aromatic heterocycles. The molecule has 2 N–H and O–H groups in total. The van der Waals surface area contributed by atoms with E-state index in [2.05, 4.69) is 5.32 Å². The molecule has 3 rings (SSSR count). The predicted molar refractivity (Wildman–Crippen MR) is 131 cm³/mol. The zero-order chi connectivity index (χ0) is 26.5. The summed E-state index contributed by atoms with van der Waals surface area (Å²) in [7, 11) is -1.57. The van der Waals surface area contributed by atoms with E-state index in [1.165, 1.54) is 56.7 Å². The molecule has 0 aliphatic carbocycles. The largest absolute Gasteiger partial charge is 0.493 e. The maximum Gasteiger partial charge on any atom is 0.404 e. The molecular formula is C24H23ClF2N2O6S. The maximum atomic E-state index is 14.4. The highest BCUT2D eigenvalue weighted by molar-refractivity contribution is 7.92. The number of sulfonamides is 1. The number of nitrogens with one attached hydrogen (secondary N) is 1. The van der Waals surface area contributed by atoms with Crippen molar-refractivity contribution in [2.75, 3.05) is 31.6 Å². The highest BCUT2D eigenvalue weighted by Gasteiger charge is 2.28. The smallest absolute Gasteiger partial charge is 0.404 e. The molecule has 3 aromatic carbocycles. The summed E-state index contributed by atoms with van der Waals surface area (Å²) in [5.74, 6) is -1.14. The SMILES string of the molecule is COc1ccc(S(=O)(=O)N(CCNC(=O)O)c2ccc(Cl)cc2Cc2c(F)cccc2F)cc1OC. The van der Waals surface area contributed by atoms with Crippen LogP contribution in [0.15, 0.2) is 59.5 Å². The minimum atomic E-state index is -4.32. The van der Waals surface area contributed by atoms with Gasteiger partial charge in [-0.2, -0.15) is 0 Å². The van der Waals surface area contributed by atoms with Gasteiger partial charge in [0.2, 0.25) is 0 Å². The number of amides is 1. The van der Waals surface area contributed by atoms with Crippen molar-refractivity contribution < 1.29 is 36.6 Å². The van der Waals surface area contributed by atoms with Gasteiger partial charge >= 0.3 is 6.09 Å². The van der Waals surface area contributed by atoms with Crippen molar-refractivity contribution in [3.63, 3.8) is 0 Å². The molecule has 8 nitrogen and oxygen atoms in total. The predicted octanol–water partition coefficient (Wildman–Crippen LogP) is 4.69. The second-order valence-corrected chi connectivity index (χ2v) is 9.77. The number of hydrogen-bond donors (Lipinski definition) is 2. The standard InChI is InChI=1S/C24H23ClF2N2O6S/c1-34-22-9-7-17(14-23(22)35-2)36(32,33)29(11-10-28-24(30)31)21-8-6-16(25)12-15(21)13-18-19(26)4-3-5-20(18)27/h3-9,12,14,28H,10-11,13H2,1-2H3,(H,30,31). The first-order chi connectivity index (χ1) is 17.1. The summed E-state index contributed by atoms with van der Waals surface area (Å²) in [6.07, 6.45) is -1.65. The fourth-order valence-electron chi connectivity index (χ4n) is 3.57.